The molecule has 0 aliphatic carbocycles. The highest BCUT2D eigenvalue weighted by atomic mass is 16.3. The minimum Gasteiger partial charge on any atom is -0.385 e. The second-order valence-electron chi connectivity index (χ2n) is 3.64. The molecule has 1 rings (SSSR count). The standard InChI is InChI=1S/C9H17N3O/c1-7(2)4-12-5-8(11-6-12)9(13)3-10/h5-7,9,13H,3-4,10H2,1-2H3. The van der Waals surface area contributed by atoms with Crippen molar-refractivity contribution in [2.45, 2.75) is 26.5 Å². The fourth-order valence-electron chi connectivity index (χ4n) is 1.19. The van der Waals surface area contributed by atoms with E-state index < -0.39 is 6.10 Å². The zero-order valence-corrected chi connectivity index (χ0v) is 8.14. The van der Waals surface area contributed by atoms with Crippen molar-refractivity contribution >= 4 is 0 Å². The van der Waals surface area contributed by atoms with Crippen molar-refractivity contribution in [3.8, 4) is 0 Å². The predicted molar refractivity (Wildman–Crippen MR) is 51.1 cm³/mol. The summed E-state index contributed by atoms with van der Waals surface area (Å²) in [7, 11) is 0. The molecule has 0 aliphatic rings. The molecule has 1 aromatic rings. The lowest BCUT2D eigenvalue weighted by Crippen LogP contribution is -2.11. The van der Waals surface area contributed by atoms with Gasteiger partial charge in [0.1, 0.15) is 6.10 Å². The number of aromatic nitrogens is 2. The van der Waals surface area contributed by atoms with Crippen LogP contribution in [0.5, 0.6) is 0 Å². The van der Waals surface area contributed by atoms with Crippen molar-refractivity contribution < 1.29 is 5.11 Å². The summed E-state index contributed by atoms with van der Waals surface area (Å²) in [6, 6.07) is 0. The van der Waals surface area contributed by atoms with Crippen LogP contribution < -0.4 is 5.73 Å². The number of nitrogens with zero attached hydrogens (tertiary/aromatic N) is 2. The van der Waals surface area contributed by atoms with Gasteiger partial charge in [0.15, 0.2) is 0 Å². The van der Waals surface area contributed by atoms with Crippen LogP contribution >= 0.6 is 0 Å². The summed E-state index contributed by atoms with van der Waals surface area (Å²) in [5.41, 5.74) is 5.97. The summed E-state index contributed by atoms with van der Waals surface area (Å²) in [5.74, 6) is 0.581. The molecule has 0 bridgehead atoms. The smallest absolute Gasteiger partial charge is 0.110 e. The van der Waals surface area contributed by atoms with Crippen LogP contribution in [0.15, 0.2) is 12.5 Å². The molecule has 3 N–H and O–H groups in total. The van der Waals surface area contributed by atoms with Crippen LogP contribution in [0.25, 0.3) is 0 Å². The fraction of sp³-hybridized carbons (Fsp3) is 0.667. The summed E-state index contributed by atoms with van der Waals surface area (Å²) in [6.07, 6.45) is 2.94. The lowest BCUT2D eigenvalue weighted by molar-refractivity contribution is 0.182. The summed E-state index contributed by atoms with van der Waals surface area (Å²) < 4.78 is 1.97. The topological polar surface area (TPSA) is 64.1 Å². The molecule has 74 valence electrons. The SMILES string of the molecule is CC(C)Cn1cnc(C(O)CN)c1. The summed E-state index contributed by atoms with van der Waals surface area (Å²) >= 11 is 0. The van der Waals surface area contributed by atoms with Crippen LogP contribution in [0.4, 0.5) is 0 Å². The number of imidazole rings is 1. The van der Waals surface area contributed by atoms with Gasteiger partial charge in [-0.05, 0) is 5.92 Å². The van der Waals surface area contributed by atoms with E-state index in [-0.39, 0.29) is 6.54 Å². The van der Waals surface area contributed by atoms with E-state index in [0.717, 1.165) is 6.54 Å². The fourth-order valence-corrected chi connectivity index (χ4v) is 1.19. The summed E-state index contributed by atoms with van der Waals surface area (Å²) in [4.78, 5) is 4.07. The highest BCUT2D eigenvalue weighted by Crippen LogP contribution is 2.09. The van der Waals surface area contributed by atoms with Gasteiger partial charge in [-0.3, -0.25) is 0 Å². The van der Waals surface area contributed by atoms with Crippen LogP contribution in [0.3, 0.4) is 0 Å². The Hall–Kier alpha value is -0.870. The zero-order valence-electron chi connectivity index (χ0n) is 8.14. The Kier molecular flexibility index (Phi) is 3.45. The van der Waals surface area contributed by atoms with Gasteiger partial charge in [-0.1, -0.05) is 13.8 Å². The maximum Gasteiger partial charge on any atom is 0.110 e. The molecule has 1 unspecified atom stereocenters. The largest absolute Gasteiger partial charge is 0.385 e. The van der Waals surface area contributed by atoms with Gasteiger partial charge in [0, 0.05) is 19.3 Å². The van der Waals surface area contributed by atoms with Gasteiger partial charge < -0.3 is 15.4 Å². The van der Waals surface area contributed by atoms with Crippen molar-refractivity contribution in [1.82, 2.24) is 9.55 Å². The molecule has 1 aromatic heterocycles. The van der Waals surface area contributed by atoms with Gasteiger partial charge >= 0.3 is 0 Å². The first-order valence-corrected chi connectivity index (χ1v) is 4.53. The summed E-state index contributed by atoms with van der Waals surface area (Å²) in [6.45, 7) is 5.42. The maximum atomic E-state index is 9.38. The van der Waals surface area contributed by atoms with Gasteiger partial charge in [-0.15, -0.1) is 0 Å². The molecule has 4 nitrogen and oxygen atoms in total. The molecule has 0 saturated carbocycles. The lowest BCUT2D eigenvalue weighted by Gasteiger charge is -2.05. The Morgan fingerprint density at radius 2 is 2.31 bits per heavy atom. The van der Waals surface area contributed by atoms with Crippen LogP contribution in [0.2, 0.25) is 0 Å². The third-order valence-electron chi connectivity index (χ3n) is 1.79. The molecule has 1 heterocycles. The monoisotopic (exact) mass is 183 g/mol. The summed E-state index contributed by atoms with van der Waals surface area (Å²) in [5, 5.41) is 9.38. The highest BCUT2D eigenvalue weighted by Gasteiger charge is 2.08. The lowest BCUT2D eigenvalue weighted by atomic mass is 10.2. The van der Waals surface area contributed by atoms with E-state index in [4.69, 9.17) is 5.73 Å². The average molecular weight is 183 g/mol. The normalized spacial score (nSPS) is 13.6. The Balaban J connectivity index is 2.63. The molecule has 0 aromatic carbocycles. The number of aliphatic hydroxyl groups is 1. The van der Waals surface area contributed by atoms with Gasteiger partial charge in [0.25, 0.3) is 0 Å². The number of hydrogen-bond acceptors (Lipinski definition) is 3. The molecule has 1 atom stereocenters. The Bertz CT molecular complexity index is 257. The zero-order chi connectivity index (χ0) is 9.84. The highest BCUT2D eigenvalue weighted by molar-refractivity contribution is 5.01. The Labute approximate surface area is 78.4 Å². The van der Waals surface area contributed by atoms with E-state index in [0.29, 0.717) is 11.6 Å². The Morgan fingerprint density at radius 3 is 2.85 bits per heavy atom. The first-order chi connectivity index (χ1) is 6.13. The minimum atomic E-state index is -0.631. The predicted octanol–water partition coefficient (Wildman–Crippen LogP) is 0.531. The molecule has 0 spiro atoms. The quantitative estimate of drug-likeness (QED) is 0.715. The maximum absolute atomic E-state index is 9.38. The number of nitrogens with two attached hydrogens (primary N) is 1. The molecular formula is C9H17N3O. The minimum absolute atomic E-state index is 0.221. The molecular weight excluding hydrogens is 166 g/mol. The van der Waals surface area contributed by atoms with Crippen LogP contribution in [-0.4, -0.2) is 21.2 Å². The van der Waals surface area contributed by atoms with Crippen LogP contribution in [0, 0.1) is 5.92 Å². The second kappa shape index (κ2) is 4.39. The molecule has 13 heavy (non-hydrogen) atoms. The number of aliphatic hydroxyl groups excluding tert-OH is 1. The molecule has 0 saturated heterocycles. The van der Waals surface area contributed by atoms with E-state index in [1.807, 2.05) is 10.8 Å². The number of hydrogen-bond donors (Lipinski definition) is 2. The van der Waals surface area contributed by atoms with Crippen molar-refractivity contribution in [2.24, 2.45) is 11.7 Å². The van der Waals surface area contributed by atoms with E-state index in [1.54, 1.807) is 6.33 Å². The average Bonchev–Trinajstić information content (AvgIpc) is 2.50. The van der Waals surface area contributed by atoms with Gasteiger partial charge in [-0.2, -0.15) is 0 Å². The van der Waals surface area contributed by atoms with E-state index in [9.17, 15) is 5.11 Å². The third kappa shape index (κ3) is 2.82. The molecule has 0 fully saturated rings. The van der Waals surface area contributed by atoms with E-state index >= 15 is 0 Å². The first kappa shape index (κ1) is 10.2. The molecule has 0 amide bonds. The van der Waals surface area contributed by atoms with Gasteiger partial charge in [0.05, 0.1) is 12.0 Å². The molecule has 4 heteroatoms. The van der Waals surface area contributed by atoms with Crippen LogP contribution in [-0.2, 0) is 6.54 Å². The Morgan fingerprint density at radius 1 is 1.62 bits per heavy atom. The molecule has 0 radical (unpaired) electrons. The van der Waals surface area contributed by atoms with Crippen molar-refractivity contribution in [3.05, 3.63) is 18.2 Å². The molecule has 0 aliphatic heterocycles. The van der Waals surface area contributed by atoms with Gasteiger partial charge in [-0.25, -0.2) is 4.98 Å². The van der Waals surface area contributed by atoms with Crippen LogP contribution in [0.1, 0.15) is 25.6 Å². The van der Waals surface area contributed by atoms with Crippen molar-refractivity contribution in [1.29, 1.82) is 0 Å². The van der Waals surface area contributed by atoms with Crippen molar-refractivity contribution in [2.75, 3.05) is 6.54 Å². The van der Waals surface area contributed by atoms with Crippen molar-refractivity contribution in [3.63, 3.8) is 0 Å². The second-order valence-corrected chi connectivity index (χ2v) is 3.64. The van der Waals surface area contributed by atoms with E-state index in [2.05, 4.69) is 18.8 Å². The number of rotatable bonds is 4. The van der Waals surface area contributed by atoms with Gasteiger partial charge in [0.2, 0.25) is 0 Å². The van der Waals surface area contributed by atoms with E-state index in [1.165, 1.54) is 0 Å². The third-order valence-corrected chi connectivity index (χ3v) is 1.79. The first-order valence-electron chi connectivity index (χ1n) is 4.53.